The summed E-state index contributed by atoms with van der Waals surface area (Å²) in [5, 5.41) is 3.07. The highest BCUT2D eigenvalue weighted by Crippen LogP contribution is 2.33. The monoisotopic (exact) mass is 543 g/mol. The Morgan fingerprint density at radius 3 is 2.16 bits per heavy atom. The van der Waals surface area contributed by atoms with Gasteiger partial charge in [0.1, 0.15) is 0 Å². The average molecular weight is 544 g/mol. The molecule has 0 atom stereocenters. The first-order valence-electron chi connectivity index (χ1n) is 12.5. The largest absolute Gasteiger partial charge is 0.321 e. The van der Waals surface area contributed by atoms with Crippen molar-refractivity contribution >= 4 is 33.4 Å². The van der Waals surface area contributed by atoms with Crippen LogP contribution in [-0.4, -0.2) is 49.7 Å². The molecule has 0 aromatic heterocycles. The SMILES string of the molecule is O=C(Nc1ccccc1Sc1ccccc1)c1cccc(CN2CCN(S(=O)(=O)c3ccccc3)CC2)c1. The van der Waals surface area contributed by atoms with Crippen molar-refractivity contribution in [3.63, 3.8) is 0 Å². The molecule has 8 heteroatoms. The van der Waals surface area contributed by atoms with Crippen LogP contribution < -0.4 is 5.32 Å². The molecule has 0 radical (unpaired) electrons. The summed E-state index contributed by atoms with van der Waals surface area (Å²) in [6.07, 6.45) is 0. The normalized spacial score (nSPS) is 14.7. The molecule has 1 saturated heterocycles. The van der Waals surface area contributed by atoms with Crippen LogP contribution in [0.4, 0.5) is 5.69 Å². The molecule has 1 fully saturated rings. The molecule has 4 aromatic carbocycles. The minimum Gasteiger partial charge on any atom is -0.321 e. The molecule has 0 saturated carbocycles. The first kappa shape index (κ1) is 26.2. The summed E-state index contributed by atoms with van der Waals surface area (Å²) in [4.78, 5) is 17.8. The first-order valence-corrected chi connectivity index (χ1v) is 14.7. The summed E-state index contributed by atoms with van der Waals surface area (Å²) in [5.41, 5.74) is 2.38. The predicted molar refractivity (Wildman–Crippen MR) is 152 cm³/mol. The van der Waals surface area contributed by atoms with Gasteiger partial charge in [-0.15, -0.1) is 0 Å². The van der Waals surface area contributed by atoms with Crippen LogP contribution in [0.25, 0.3) is 0 Å². The summed E-state index contributed by atoms with van der Waals surface area (Å²) in [5.74, 6) is -0.160. The Labute approximate surface area is 228 Å². The number of carbonyl (C=O) groups excluding carboxylic acids is 1. The van der Waals surface area contributed by atoms with Gasteiger partial charge in [-0.3, -0.25) is 9.69 Å². The summed E-state index contributed by atoms with van der Waals surface area (Å²) in [6, 6.07) is 34.1. The highest BCUT2D eigenvalue weighted by molar-refractivity contribution is 7.99. The van der Waals surface area contributed by atoms with Crippen LogP contribution in [0.2, 0.25) is 0 Å². The number of anilines is 1. The minimum atomic E-state index is -3.48. The Morgan fingerprint density at radius 1 is 0.763 bits per heavy atom. The van der Waals surface area contributed by atoms with Crippen molar-refractivity contribution in [1.82, 2.24) is 9.21 Å². The molecule has 1 heterocycles. The lowest BCUT2D eigenvalue weighted by atomic mass is 10.1. The Balaban J connectivity index is 1.21. The third-order valence-electron chi connectivity index (χ3n) is 6.41. The van der Waals surface area contributed by atoms with Crippen LogP contribution in [-0.2, 0) is 16.6 Å². The molecule has 1 N–H and O–H groups in total. The number of piperazine rings is 1. The minimum absolute atomic E-state index is 0.160. The van der Waals surface area contributed by atoms with E-state index in [1.165, 1.54) is 0 Å². The number of nitrogens with zero attached hydrogens (tertiary/aromatic N) is 2. The number of sulfonamides is 1. The second-order valence-corrected chi connectivity index (χ2v) is 12.1. The van der Waals surface area contributed by atoms with E-state index in [9.17, 15) is 13.2 Å². The standard InChI is InChI=1S/C30H29N3O3S2/c34-30(31-28-16-7-8-17-29(28)37-26-12-3-1-4-13-26)25-11-9-10-24(22-25)23-32-18-20-33(21-19-32)38(35,36)27-14-5-2-6-15-27/h1-17,22H,18-21,23H2,(H,31,34). The van der Waals surface area contributed by atoms with Gasteiger partial charge in [0.2, 0.25) is 10.0 Å². The van der Waals surface area contributed by atoms with E-state index < -0.39 is 10.0 Å². The van der Waals surface area contributed by atoms with Gasteiger partial charge >= 0.3 is 0 Å². The molecule has 0 bridgehead atoms. The molecule has 6 nitrogen and oxygen atoms in total. The molecule has 194 valence electrons. The Morgan fingerprint density at radius 2 is 1.42 bits per heavy atom. The molecule has 1 aliphatic rings. The highest BCUT2D eigenvalue weighted by Gasteiger charge is 2.28. The molecule has 4 aromatic rings. The summed E-state index contributed by atoms with van der Waals surface area (Å²) in [6.45, 7) is 2.79. The lowest BCUT2D eigenvalue weighted by molar-refractivity contribution is 0.102. The van der Waals surface area contributed by atoms with Crippen molar-refractivity contribution < 1.29 is 13.2 Å². The molecule has 0 spiro atoms. The topological polar surface area (TPSA) is 69.7 Å². The van der Waals surface area contributed by atoms with Gasteiger partial charge in [-0.05, 0) is 54.1 Å². The zero-order valence-electron chi connectivity index (χ0n) is 20.9. The van der Waals surface area contributed by atoms with Crippen LogP contribution in [0.15, 0.2) is 124 Å². The number of amides is 1. The Bertz CT molecular complexity index is 1490. The summed E-state index contributed by atoms with van der Waals surface area (Å²) in [7, 11) is -3.48. The van der Waals surface area contributed by atoms with Crippen LogP contribution in [0, 0.1) is 0 Å². The number of para-hydroxylation sites is 1. The number of rotatable bonds is 8. The maximum atomic E-state index is 13.1. The lowest BCUT2D eigenvalue weighted by Crippen LogP contribution is -2.48. The van der Waals surface area contributed by atoms with E-state index in [2.05, 4.69) is 10.2 Å². The van der Waals surface area contributed by atoms with E-state index in [0.717, 1.165) is 21.0 Å². The Hall–Kier alpha value is -3.43. The second-order valence-electron chi connectivity index (χ2n) is 9.06. The third-order valence-corrected chi connectivity index (χ3v) is 9.41. The lowest BCUT2D eigenvalue weighted by Gasteiger charge is -2.34. The number of hydrogen-bond acceptors (Lipinski definition) is 5. The van der Waals surface area contributed by atoms with Crippen LogP contribution >= 0.6 is 11.8 Å². The van der Waals surface area contributed by atoms with Crippen molar-refractivity contribution in [1.29, 1.82) is 0 Å². The number of hydrogen-bond donors (Lipinski definition) is 1. The molecular weight excluding hydrogens is 514 g/mol. The maximum Gasteiger partial charge on any atom is 0.255 e. The molecule has 0 aliphatic carbocycles. The fourth-order valence-corrected chi connectivity index (χ4v) is 6.77. The van der Waals surface area contributed by atoms with Crippen LogP contribution in [0.1, 0.15) is 15.9 Å². The predicted octanol–water partition coefficient (Wildman–Crippen LogP) is 5.60. The molecule has 5 rings (SSSR count). The van der Waals surface area contributed by atoms with Crippen LogP contribution in [0.5, 0.6) is 0 Å². The van der Waals surface area contributed by atoms with Gasteiger partial charge in [0.05, 0.1) is 10.6 Å². The zero-order valence-corrected chi connectivity index (χ0v) is 22.5. The zero-order chi connectivity index (χ0) is 26.4. The molecular formula is C30H29N3O3S2. The number of carbonyl (C=O) groups is 1. The maximum absolute atomic E-state index is 13.1. The third kappa shape index (κ3) is 6.34. The van der Waals surface area contributed by atoms with E-state index in [1.54, 1.807) is 40.3 Å². The quantitative estimate of drug-likeness (QED) is 0.314. The van der Waals surface area contributed by atoms with Crippen molar-refractivity contribution in [3.05, 3.63) is 120 Å². The van der Waals surface area contributed by atoms with Crippen molar-refractivity contribution in [2.45, 2.75) is 21.2 Å². The van der Waals surface area contributed by atoms with Gasteiger partial charge in [-0.1, -0.05) is 72.4 Å². The molecule has 0 unspecified atom stereocenters. The van der Waals surface area contributed by atoms with Crippen molar-refractivity contribution in [2.75, 3.05) is 31.5 Å². The number of benzene rings is 4. The van der Waals surface area contributed by atoms with Gasteiger partial charge < -0.3 is 5.32 Å². The Kier molecular flexibility index (Phi) is 8.24. The van der Waals surface area contributed by atoms with E-state index in [4.69, 9.17) is 0 Å². The van der Waals surface area contributed by atoms with Gasteiger partial charge in [-0.25, -0.2) is 8.42 Å². The number of nitrogens with one attached hydrogen (secondary N) is 1. The van der Waals surface area contributed by atoms with Gasteiger partial charge in [0.15, 0.2) is 0 Å². The van der Waals surface area contributed by atoms with E-state index >= 15 is 0 Å². The highest BCUT2D eigenvalue weighted by atomic mass is 32.2. The fourth-order valence-electron chi connectivity index (χ4n) is 4.41. The van der Waals surface area contributed by atoms with E-state index in [-0.39, 0.29) is 5.91 Å². The fraction of sp³-hybridized carbons (Fsp3) is 0.167. The smallest absolute Gasteiger partial charge is 0.255 e. The van der Waals surface area contributed by atoms with E-state index in [0.29, 0.717) is 43.2 Å². The summed E-state index contributed by atoms with van der Waals surface area (Å²) < 4.78 is 27.4. The second kappa shape index (κ2) is 12.0. The molecule has 38 heavy (non-hydrogen) atoms. The van der Waals surface area contributed by atoms with Gasteiger partial charge in [0, 0.05) is 48.1 Å². The van der Waals surface area contributed by atoms with Crippen LogP contribution in [0.3, 0.4) is 0 Å². The average Bonchev–Trinajstić information content (AvgIpc) is 2.95. The first-order chi connectivity index (χ1) is 18.5. The van der Waals surface area contributed by atoms with Gasteiger partial charge in [0.25, 0.3) is 5.91 Å². The molecule has 1 aliphatic heterocycles. The van der Waals surface area contributed by atoms with Gasteiger partial charge in [-0.2, -0.15) is 4.31 Å². The van der Waals surface area contributed by atoms with Crippen molar-refractivity contribution in [3.8, 4) is 0 Å². The van der Waals surface area contributed by atoms with Crippen molar-refractivity contribution in [2.24, 2.45) is 0 Å². The molecule has 1 amide bonds. The van der Waals surface area contributed by atoms with E-state index in [1.807, 2.05) is 84.9 Å². The summed E-state index contributed by atoms with van der Waals surface area (Å²) >= 11 is 1.61.